The normalized spacial score (nSPS) is 10.4. The average molecular weight is 530 g/mol. The highest BCUT2D eigenvalue weighted by molar-refractivity contribution is 9.10. The van der Waals surface area contributed by atoms with Gasteiger partial charge < -0.3 is 15.3 Å². The predicted octanol–water partition coefficient (Wildman–Crippen LogP) is 5.34. The molecule has 0 unspecified atom stereocenters. The van der Waals surface area contributed by atoms with Gasteiger partial charge in [0.1, 0.15) is 0 Å². The van der Waals surface area contributed by atoms with Crippen molar-refractivity contribution >= 4 is 46.0 Å². The lowest BCUT2D eigenvalue weighted by molar-refractivity contribution is -0.136. The Hall–Kier alpha value is -4.11. The van der Waals surface area contributed by atoms with Crippen LogP contribution in [0.25, 0.3) is 12.2 Å². The van der Waals surface area contributed by atoms with Gasteiger partial charge in [0.2, 0.25) is 5.83 Å². The molecule has 3 aromatic rings. The lowest BCUT2D eigenvalue weighted by Crippen LogP contribution is -2.01. The summed E-state index contributed by atoms with van der Waals surface area (Å²) in [6, 6.07) is 21.1. The molecule has 9 heteroatoms. The zero-order valence-electron chi connectivity index (χ0n) is 17.7. The average Bonchev–Trinajstić information content (AvgIpc) is 2.79. The summed E-state index contributed by atoms with van der Waals surface area (Å²) in [5, 5.41) is 24.9. The van der Waals surface area contributed by atoms with Crippen LogP contribution in [0.2, 0.25) is 0 Å². The SMILES string of the molecule is O=C(O)/C(F)=C/c1ccccc1.O=C(O)/C=C/c1cccc(Br)c1.O=C(O)Cc1ccccn1. The number of pyridine rings is 1. The second-order valence-corrected chi connectivity index (χ2v) is 7.24. The van der Waals surface area contributed by atoms with E-state index in [1.54, 1.807) is 60.8 Å². The second-order valence-electron chi connectivity index (χ2n) is 6.33. The van der Waals surface area contributed by atoms with E-state index in [0.717, 1.165) is 22.2 Å². The van der Waals surface area contributed by atoms with Crippen LogP contribution in [-0.4, -0.2) is 38.2 Å². The van der Waals surface area contributed by atoms with Gasteiger partial charge >= 0.3 is 17.9 Å². The first kappa shape index (κ1) is 27.9. The Morgan fingerprint density at radius 1 is 0.882 bits per heavy atom. The highest BCUT2D eigenvalue weighted by Gasteiger charge is 2.03. The van der Waals surface area contributed by atoms with Crippen molar-refractivity contribution in [2.45, 2.75) is 6.42 Å². The Morgan fingerprint density at radius 2 is 1.53 bits per heavy atom. The minimum absolute atomic E-state index is 0.000833. The number of aromatic nitrogens is 1. The maximum atomic E-state index is 12.5. The molecule has 0 fully saturated rings. The van der Waals surface area contributed by atoms with E-state index >= 15 is 0 Å². The van der Waals surface area contributed by atoms with E-state index in [0.29, 0.717) is 11.3 Å². The number of aliphatic carboxylic acids is 3. The monoisotopic (exact) mass is 529 g/mol. The number of halogens is 2. The van der Waals surface area contributed by atoms with Gasteiger partial charge in [-0.3, -0.25) is 9.78 Å². The number of hydrogen-bond donors (Lipinski definition) is 3. The van der Waals surface area contributed by atoms with E-state index in [9.17, 15) is 18.8 Å². The van der Waals surface area contributed by atoms with E-state index in [4.69, 9.17) is 15.3 Å². The summed E-state index contributed by atoms with van der Waals surface area (Å²) in [5.74, 6) is -4.48. The standard InChI is InChI=1S/C9H7BrO2.C9H7FO2.C7H7NO2/c10-8-3-1-2-7(6-8)4-5-9(11)12;10-8(9(11)12)6-7-4-2-1-3-5-7;9-7(10)5-6-3-1-2-4-8-6/h2*1-6H,(H,11,12);1-4H,5H2,(H,9,10)/b5-4+;8-6-;. The summed E-state index contributed by atoms with van der Waals surface area (Å²) in [6.07, 6.45) is 5.22. The van der Waals surface area contributed by atoms with Crippen molar-refractivity contribution in [3.8, 4) is 0 Å². The highest BCUT2D eigenvalue weighted by Crippen LogP contribution is 2.12. The Kier molecular flexibility index (Phi) is 12.9. The van der Waals surface area contributed by atoms with Crippen molar-refractivity contribution in [3.05, 3.63) is 112 Å². The van der Waals surface area contributed by atoms with Crippen LogP contribution >= 0.6 is 15.9 Å². The van der Waals surface area contributed by atoms with Gasteiger partial charge in [-0.1, -0.05) is 64.5 Å². The number of rotatable bonds is 6. The second kappa shape index (κ2) is 15.7. The zero-order chi connectivity index (χ0) is 25.3. The molecular formula is C25H21BrFNO6. The van der Waals surface area contributed by atoms with Gasteiger partial charge in [-0.15, -0.1) is 0 Å². The maximum Gasteiger partial charge on any atom is 0.364 e. The molecule has 0 saturated carbocycles. The quantitative estimate of drug-likeness (QED) is 0.368. The molecule has 0 aliphatic heterocycles. The van der Waals surface area contributed by atoms with Crippen LogP contribution in [0.1, 0.15) is 16.8 Å². The van der Waals surface area contributed by atoms with Gasteiger partial charge in [-0.05, 0) is 47.5 Å². The molecule has 2 aromatic carbocycles. The first-order chi connectivity index (χ1) is 16.2. The fourth-order valence-corrected chi connectivity index (χ4v) is 2.61. The summed E-state index contributed by atoms with van der Waals surface area (Å²) in [5.41, 5.74) is 2.00. The molecule has 3 N–H and O–H groups in total. The van der Waals surface area contributed by atoms with E-state index in [1.165, 1.54) is 0 Å². The molecule has 7 nitrogen and oxygen atoms in total. The molecule has 0 atom stereocenters. The van der Waals surface area contributed by atoms with Crippen molar-refractivity contribution in [2.75, 3.05) is 0 Å². The number of carbonyl (C=O) groups is 3. The lowest BCUT2D eigenvalue weighted by atomic mass is 10.2. The topological polar surface area (TPSA) is 125 Å². The summed E-state index contributed by atoms with van der Waals surface area (Å²) >= 11 is 3.29. The third-order valence-electron chi connectivity index (χ3n) is 3.62. The van der Waals surface area contributed by atoms with Gasteiger partial charge in [0, 0.05) is 16.7 Å². The number of carboxylic acids is 3. The van der Waals surface area contributed by atoms with Gasteiger partial charge in [-0.25, -0.2) is 9.59 Å². The van der Waals surface area contributed by atoms with Crippen molar-refractivity contribution in [3.63, 3.8) is 0 Å². The molecule has 0 amide bonds. The summed E-state index contributed by atoms with van der Waals surface area (Å²) < 4.78 is 13.4. The number of carboxylic acid groups (broad SMARTS) is 3. The fourth-order valence-electron chi connectivity index (χ4n) is 2.19. The minimum atomic E-state index is -1.54. The lowest BCUT2D eigenvalue weighted by Gasteiger charge is -1.92. The molecular weight excluding hydrogens is 509 g/mol. The summed E-state index contributed by atoms with van der Waals surface area (Å²) in [7, 11) is 0. The van der Waals surface area contributed by atoms with Crippen molar-refractivity contribution < 1.29 is 34.1 Å². The van der Waals surface area contributed by atoms with Crippen LogP contribution in [0.4, 0.5) is 4.39 Å². The smallest absolute Gasteiger partial charge is 0.364 e. The molecule has 0 saturated heterocycles. The van der Waals surface area contributed by atoms with Crippen LogP contribution in [0.3, 0.4) is 0 Å². The van der Waals surface area contributed by atoms with Crippen molar-refractivity contribution in [2.24, 2.45) is 0 Å². The molecule has 1 aromatic heterocycles. The Bertz CT molecular complexity index is 1130. The third kappa shape index (κ3) is 13.3. The maximum absolute atomic E-state index is 12.5. The molecule has 0 aliphatic rings. The van der Waals surface area contributed by atoms with Crippen LogP contribution in [0.15, 0.2) is 95.4 Å². The van der Waals surface area contributed by atoms with Crippen LogP contribution in [0, 0.1) is 0 Å². The van der Waals surface area contributed by atoms with Crippen LogP contribution < -0.4 is 0 Å². The number of hydrogen-bond acceptors (Lipinski definition) is 4. The van der Waals surface area contributed by atoms with E-state index in [1.807, 2.05) is 24.3 Å². The predicted molar refractivity (Wildman–Crippen MR) is 130 cm³/mol. The van der Waals surface area contributed by atoms with Gasteiger partial charge in [0.05, 0.1) is 12.1 Å². The Labute approximate surface area is 203 Å². The first-order valence-corrected chi connectivity index (χ1v) is 10.4. The highest BCUT2D eigenvalue weighted by atomic mass is 79.9. The van der Waals surface area contributed by atoms with Gasteiger partial charge in [0.15, 0.2) is 0 Å². The summed E-state index contributed by atoms with van der Waals surface area (Å²) in [6.45, 7) is 0. The van der Waals surface area contributed by atoms with E-state index in [-0.39, 0.29) is 6.42 Å². The fraction of sp³-hybridized carbons (Fsp3) is 0.0400. The number of nitrogens with zero attached hydrogens (tertiary/aromatic N) is 1. The number of benzene rings is 2. The van der Waals surface area contributed by atoms with Gasteiger partial charge in [-0.2, -0.15) is 4.39 Å². The van der Waals surface area contributed by atoms with Gasteiger partial charge in [0.25, 0.3) is 0 Å². The van der Waals surface area contributed by atoms with Crippen LogP contribution in [0.5, 0.6) is 0 Å². The van der Waals surface area contributed by atoms with Crippen LogP contribution in [-0.2, 0) is 20.8 Å². The van der Waals surface area contributed by atoms with E-state index < -0.39 is 23.7 Å². The summed E-state index contributed by atoms with van der Waals surface area (Å²) in [4.78, 5) is 34.2. The Balaban J connectivity index is 0.000000256. The largest absolute Gasteiger partial charge is 0.481 e. The Morgan fingerprint density at radius 3 is 2.06 bits per heavy atom. The molecule has 34 heavy (non-hydrogen) atoms. The first-order valence-electron chi connectivity index (χ1n) is 9.61. The molecule has 0 radical (unpaired) electrons. The molecule has 0 aliphatic carbocycles. The van der Waals surface area contributed by atoms with Crippen molar-refractivity contribution in [1.29, 1.82) is 0 Å². The minimum Gasteiger partial charge on any atom is -0.481 e. The molecule has 1 heterocycles. The molecule has 176 valence electrons. The third-order valence-corrected chi connectivity index (χ3v) is 4.12. The van der Waals surface area contributed by atoms with E-state index in [2.05, 4.69) is 20.9 Å². The van der Waals surface area contributed by atoms with Crippen molar-refractivity contribution in [1.82, 2.24) is 4.98 Å². The molecule has 0 bridgehead atoms. The molecule has 0 spiro atoms. The molecule has 3 rings (SSSR count). The zero-order valence-corrected chi connectivity index (χ0v) is 19.3.